The summed E-state index contributed by atoms with van der Waals surface area (Å²) in [6.07, 6.45) is 4.91. The second-order valence-corrected chi connectivity index (χ2v) is 8.92. The Hall–Kier alpha value is -1.74. The third-order valence-corrected chi connectivity index (χ3v) is 5.52. The van der Waals surface area contributed by atoms with Gasteiger partial charge in [-0.05, 0) is 31.4 Å². The van der Waals surface area contributed by atoms with Gasteiger partial charge in [-0.1, -0.05) is 30.3 Å². The number of aromatic nitrogens is 2. The first kappa shape index (κ1) is 19.0. The number of aromatic amines is 1. The molecule has 1 aliphatic rings. The van der Waals surface area contributed by atoms with E-state index in [0.717, 1.165) is 42.6 Å². The van der Waals surface area contributed by atoms with Crippen molar-refractivity contribution in [2.75, 3.05) is 25.9 Å². The Morgan fingerprint density at radius 1 is 1.27 bits per heavy atom. The molecule has 3 rings (SSSR count). The Balaban J connectivity index is 1.63. The van der Waals surface area contributed by atoms with Crippen LogP contribution in [-0.2, 0) is 16.6 Å². The van der Waals surface area contributed by atoms with E-state index in [1.165, 1.54) is 0 Å². The second-order valence-electron chi connectivity index (χ2n) is 7.08. The van der Waals surface area contributed by atoms with Crippen molar-refractivity contribution in [2.45, 2.75) is 31.4 Å². The highest BCUT2D eigenvalue weighted by Gasteiger charge is 2.31. The van der Waals surface area contributed by atoms with E-state index in [2.05, 4.69) is 32.0 Å². The predicted octanol–water partition coefficient (Wildman–Crippen LogP) is 1.34. The SMILES string of the molecule is CS(=O)(=O)NCC1(O)CCCN(Cc2cn[nH]c2-c2ccccc2)CC1. The van der Waals surface area contributed by atoms with Gasteiger partial charge in [0.15, 0.2) is 0 Å². The number of likely N-dealkylation sites (tertiary alicyclic amines) is 1. The van der Waals surface area contributed by atoms with Crippen LogP contribution < -0.4 is 4.72 Å². The lowest BCUT2D eigenvalue weighted by molar-refractivity contribution is 0.0305. The van der Waals surface area contributed by atoms with E-state index in [9.17, 15) is 13.5 Å². The maximum Gasteiger partial charge on any atom is 0.208 e. The monoisotopic (exact) mass is 378 g/mol. The Labute approximate surface area is 154 Å². The summed E-state index contributed by atoms with van der Waals surface area (Å²) >= 11 is 0. The average Bonchev–Trinajstić information content (AvgIpc) is 2.98. The fourth-order valence-electron chi connectivity index (χ4n) is 3.36. The molecule has 0 radical (unpaired) electrons. The quantitative estimate of drug-likeness (QED) is 0.705. The van der Waals surface area contributed by atoms with Crippen LogP contribution in [0.1, 0.15) is 24.8 Å². The molecule has 1 saturated heterocycles. The standard InChI is InChI=1S/C18H26N4O3S/c1-26(24,25)20-14-18(23)8-5-10-22(11-9-18)13-16-12-19-21-17(16)15-6-3-2-4-7-15/h2-4,6-7,12,20,23H,5,8-11,13-14H2,1H3,(H,19,21). The molecule has 8 heteroatoms. The summed E-state index contributed by atoms with van der Waals surface area (Å²) < 4.78 is 25.1. The number of rotatable bonds is 6. The minimum atomic E-state index is -3.30. The van der Waals surface area contributed by atoms with Gasteiger partial charge in [0.2, 0.25) is 10.0 Å². The highest BCUT2D eigenvalue weighted by Crippen LogP contribution is 2.26. The van der Waals surface area contributed by atoms with E-state index in [-0.39, 0.29) is 6.54 Å². The smallest absolute Gasteiger partial charge is 0.208 e. The fraction of sp³-hybridized carbons (Fsp3) is 0.500. The topological polar surface area (TPSA) is 98.3 Å². The number of hydrogen-bond acceptors (Lipinski definition) is 5. The minimum absolute atomic E-state index is 0.0701. The highest BCUT2D eigenvalue weighted by molar-refractivity contribution is 7.88. The van der Waals surface area contributed by atoms with E-state index in [0.29, 0.717) is 19.4 Å². The van der Waals surface area contributed by atoms with Crippen molar-refractivity contribution in [1.82, 2.24) is 19.8 Å². The summed E-state index contributed by atoms with van der Waals surface area (Å²) in [5, 5.41) is 18.0. The molecule has 2 heterocycles. The van der Waals surface area contributed by atoms with Gasteiger partial charge in [-0.3, -0.25) is 10.00 Å². The van der Waals surface area contributed by atoms with Gasteiger partial charge in [0.05, 0.1) is 23.7 Å². The molecule has 1 aromatic heterocycles. The third-order valence-electron chi connectivity index (χ3n) is 4.85. The van der Waals surface area contributed by atoms with Gasteiger partial charge in [-0.25, -0.2) is 13.1 Å². The first-order valence-electron chi connectivity index (χ1n) is 8.82. The van der Waals surface area contributed by atoms with Gasteiger partial charge in [-0.15, -0.1) is 0 Å². The molecule has 26 heavy (non-hydrogen) atoms. The lowest BCUT2D eigenvalue weighted by Gasteiger charge is -2.27. The maximum atomic E-state index is 11.3. The Morgan fingerprint density at radius 2 is 2.04 bits per heavy atom. The van der Waals surface area contributed by atoms with Gasteiger partial charge in [0, 0.05) is 25.2 Å². The highest BCUT2D eigenvalue weighted by atomic mass is 32.2. The van der Waals surface area contributed by atoms with Crippen LogP contribution in [0.25, 0.3) is 11.3 Å². The van der Waals surface area contributed by atoms with E-state index in [4.69, 9.17) is 0 Å². The van der Waals surface area contributed by atoms with E-state index in [1.807, 2.05) is 24.4 Å². The molecule has 7 nitrogen and oxygen atoms in total. The third kappa shape index (κ3) is 5.14. The van der Waals surface area contributed by atoms with Crippen molar-refractivity contribution >= 4 is 10.0 Å². The van der Waals surface area contributed by atoms with E-state index >= 15 is 0 Å². The number of H-pyrrole nitrogens is 1. The van der Waals surface area contributed by atoms with Gasteiger partial charge in [0.25, 0.3) is 0 Å². The number of hydrogen-bond donors (Lipinski definition) is 3. The molecule has 142 valence electrons. The van der Waals surface area contributed by atoms with Crippen molar-refractivity contribution in [3.63, 3.8) is 0 Å². The predicted molar refractivity (Wildman–Crippen MR) is 101 cm³/mol. The summed E-state index contributed by atoms with van der Waals surface area (Å²) in [6.45, 7) is 2.39. The number of nitrogens with zero attached hydrogens (tertiary/aromatic N) is 2. The van der Waals surface area contributed by atoms with Crippen molar-refractivity contribution in [3.05, 3.63) is 42.1 Å². The minimum Gasteiger partial charge on any atom is -0.388 e. The Bertz CT molecular complexity index is 822. The maximum absolute atomic E-state index is 11.3. The molecule has 0 spiro atoms. The summed E-state index contributed by atoms with van der Waals surface area (Å²) in [6, 6.07) is 10.1. The van der Waals surface area contributed by atoms with Crippen LogP contribution in [0.3, 0.4) is 0 Å². The molecule has 1 fully saturated rings. The molecular formula is C18H26N4O3S. The summed E-state index contributed by atoms with van der Waals surface area (Å²) in [4.78, 5) is 2.29. The van der Waals surface area contributed by atoms with Crippen LogP contribution >= 0.6 is 0 Å². The van der Waals surface area contributed by atoms with Crippen LogP contribution in [0.2, 0.25) is 0 Å². The fourth-order valence-corrected chi connectivity index (χ4v) is 3.89. The van der Waals surface area contributed by atoms with Crippen molar-refractivity contribution in [2.24, 2.45) is 0 Å². The van der Waals surface area contributed by atoms with Crippen LogP contribution in [0.15, 0.2) is 36.5 Å². The van der Waals surface area contributed by atoms with Crippen LogP contribution in [-0.4, -0.2) is 60.1 Å². The van der Waals surface area contributed by atoms with Crippen molar-refractivity contribution in [1.29, 1.82) is 0 Å². The molecule has 0 amide bonds. The molecule has 1 unspecified atom stereocenters. The summed E-state index contributed by atoms with van der Waals surface area (Å²) in [5.41, 5.74) is 2.25. The Kier molecular flexibility index (Phi) is 5.76. The second kappa shape index (κ2) is 7.87. The lowest BCUT2D eigenvalue weighted by Crippen LogP contribution is -2.43. The molecule has 0 saturated carbocycles. The number of sulfonamides is 1. The molecule has 1 atom stereocenters. The normalized spacial score (nSPS) is 22.2. The van der Waals surface area contributed by atoms with E-state index in [1.54, 1.807) is 0 Å². The summed E-state index contributed by atoms with van der Waals surface area (Å²) in [7, 11) is -3.30. The molecule has 3 N–H and O–H groups in total. The molecule has 2 aromatic rings. The van der Waals surface area contributed by atoms with E-state index < -0.39 is 15.6 Å². The van der Waals surface area contributed by atoms with Crippen molar-refractivity contribution < 1.29 is 13.5 Å². The molecule has 0 aliphatic carbocycles. The zero-order valence-corrected chi connectivity index (χ0v) is 15.8. The van der Waals surface area contributed by atoms with Gasteiger partial charge >= 0.3 is 0 Å². The van der Waals surface area contributed by atoms with Crippen LogP contribution in [0.4, 0.5) is 0 Å². The van der Waals surface area contributed by atoms with Crippen LogP contribution in [0, 0.1) is 0 Å². The largest absolute Gasteiger partial charge is 0.388 e. The van der Waals surface area contributed by atoms with Crippen molar-refractivity contribution in [3.8, 4) is 11.3 Å². The van der Waals surface area contributed by atoms with Gasteiger partial charge in [0.1, 0.15) is 0 Å². The first-order chi connectivity index (χ1) is 12.3. The zero-order valence-electron chi connectivity index (χ0n) is 15.0. The molecule has 1 aliphatic heterocycles. The number of nitrogens with one attached hydrogen (secondary N) is 2. The van der Waals surface area contributed by atoms with Gasteiger partial charge in [-0.2, -0.15) is 5.10 Å². The number of aliphatic hydroxyl groups is 1. The average molecular weight is 378 g/mol. The zero-order chi connectivity index (χ0) is 18.6. The number of benzene rings is 1. The lowest BCUT2D eigenvalue weighted by atomic mass is 9.95. The Morgan fingerprint density at radius 3 is 2.77 bits per heavy atom. The van der Waals surface area contributed by atoms with Crippen LogP contribution in [0.5, 0.6) is 0 Å². The van der Waals surface area contributed by atoms with Gasteiger partial charge < -0.3 is 5.11 Å². The molecule has 1 aromatic carbocycles. The summed E-state index contributed by atoms with van der Waals surface area (Å²) in [5.74, 6) is 0. The first-order valence-corrected chi connectivity index (χ1v) is 10.7. The molecule has 0 bridgehead atoms. The molecular weight excluding hydrogens is 352 g/mol.